The Kier molecular flexibility index (Phi) is 10.1. The molecule has 46 heavy (non-hydrogen) atoms. The van der Waals surface area contributed by atoms with Crippen LogP contribution in [0.3, 0.4) is 0 Å². The van der Waals surface area contributed by atoms with Crippen molar-refractivity contribution in [3.8, 4) is 11.8 Å². The van der Waals surface area contributed by atoms with Crippen molar-refractivity contribution in [3.05, 3.63) is 94.8 Å². The third-order valence-electron chi connectivity index (χ3n) is 8.53. The second-order valence-electron chi connectivity index (χ2n) is 11.7. The van der Waals surface area contributed by atoms with E-state index in [4.69, 9.17) is 5.26 Å². The van der Waals surface area contributed by atoms with Gasteiger partial charge in [0.2, 0.25) is 0 Å². The number of carbonyl (C=O) groups is 3. The number of Topliss-reactive ketones (excluding diaryl/α,β-unsaturated/α-hetero) is 2. The summed E-state index contributed by atoms with van der Waals surface area (Å²) in [5.74, 6) is -1.99. The van der Waals surface area contributed by atoms with Gasteiger partial charge in [0, 0.05) is 55.8 Å². The van der Waals surface area contributed by atoms with Crippen LogP contribution < -0.4 is 4.74 Å². The maximum Gasteiger partial charge on any atom is 0.573 e. The lowest BCUT2D eigenvalue weighted by Crippen LogP contribution is -2.42. The van der Waals surface area contributed by atoms with Crippen molar-refractivity contribution in [1.29, 1.82) is 5.26 Å². The van der Waals surface area contributed by atoms with Crippen LogP contribution in [0.15, 0.2) is 66.9 Å². The van der Waals surface area contributed by atoms with Gasteiger partial charge in [0.15, 0.2) is 11.6 Å². The Morgan fingerprint density at radius 2 is 1.59 bits per heavy atom. The van der Waals surface area contributed by atoms with E-state index < -0.39 is 24.2 Å². The maximum absolute atomic E-state index is 15.0. The Morgan fingerprint density at radius 3 is 2.17 bits per heavy atom. The fraction of sp³-hybridized carbons (Fsp3) is 0.382. The number of nitriles is 1. The first-order chi connectivity index (χ1) is 22.0. The molecule has 0 aliphatic carbocycles. The van der Waals surface area contributed by atoms with Crippen molar-refractivity contribution >= 4 is 17.5 Å². The number of ether oxygens (including phenoxy) is 1. The molecule has 0 N–H and O–H groups in total. The normalized spacial score (nSPS) is 19.3. The lowest BCUT2D eigenvalue weighted by Gasteiger charge is -2.34. The summed E-state index contributed by atoms with van der Waals surface area (Å²) in [5, 5.41) is 8.95. The first-order valence-corrected chi connectivity index (χ1v) is 15.0. The minimum Gasteiger partial charge on any atom is -0.406 e. The highest BCUT2D eigenvalue weighted by molar-refractivity contribution is 5.99. The predicted molar refractivity (Wildman–Crippen MR) is 159 cm³/mol. The number of alkyl halides is 4. The van der Waals surface area contributed by atoms with E-state index in [1.807, 2.05) is 17.0 Å². The van der Waals surface area contributed by atoms with Gasteiger partial charge in [-0.3, -0.25) is 24.3 Å². The molecule has 2 fully saturated rings. The Hall–Kier alpha value is -4.63. The van der Waals surface area contributed by atoms with Crippen molar-refractivity contribution in [2.45, 2.75) is 44.8 Å². The van der Waals surface area contributed by atoms with Gasteiger partial charge in [-0.25, -0.2) is 4.39 Å². The number of nitrogens with zero attached hydrogens (tertiary/aromatic N) is 4. The second-order valence-corrected chi connectivity index (χ2v) is 11.7. The van der Waals surface area contributed by atoms with E-state index >= 15 is 4.39 Å². The molecule has 2 atom stereocenters. The third-order valence-corrected chi connectivity index (χ3v) is 8.53. The van der Waals surface area contributed by atoms with Crippen LogP contribution in [0, 0.1) is 23.2 Å². The molecular formula is C34H32F4N4O4. The quantitative estimate of drug-likeness (QED) is 0.209. The van der Waals surface area contributed by atoms with Crippen LogP contribution in [0.1, 0.15) is 68.0 Å². The molecule has 12 heteroatoms. The standard InChI is InChI=1S/C34H32F4N4O4/c35-29-21-41(20-23-3-1-22(18-39)2-4-23)14-11-26(29)17-31(43)27-7-10-30(40-19-27)33(45)42-15-12-25(13-16-42)32(44)24-5-8-28(9-6-24)46-34(36,37)38/h1-10,19,25-26,29H,11-17,20-21H2/t26?,29-/m1/s1. The van der Waals surface area contributed by atoms with Crippen molar-refractivity contribution in [2.24, 2.45) is 11.8 Å². The number of pyridine rings is 1. The van der Waals surface area contributed by atoms with Gasteiger partial charge in [-0.15, -0.1) is 13.2 Å². The average molecular weight is 637 g/mol. The Balaban J connectivity index is 1.08. The molecule has 3 aromatic rings. The molecule has 8 nitrogen and oxygen atoms in total. The smallest absolute Gasteiger partial charge is 0.406 e. The van der Waals surface area contributed by atoms with Crippen LogP contribution in [0.25, 0.3) is 0 Å². The Labute approximate surface area is 263 Å². The van der Waals surface area contributed by atoms with Crippen molar-refractivity contribution in [1.82, 2.24) is 14.8 Å². The van der Waals surface area contributed by atoms with Crippen molar-refractivity contribution in [3.63, 3.8) is 0 Å². The van der Waals surface area contributed by atoms with E-state index in [2.05, 4.69) is 15.8 Å². The highest BCUT2D eigenvalue weighted by atomic mass is 19.4. The van der Waals surface area contributed by atoms with Gasteiger partial charge in [-0.05, 0) is 85.8 Å². The number of likely N-dealkylation sites (tertiary alicyclic amines) is 2. The van der Waals surface area contributed by atoms with Crippen LogP contribution >= 0.6 is 0 Å². The summed E-state index contributed by atoms with van der Waals surface area (Å²) in [7, 11) is 0. The highest BCUT2D eigenvalue weighted by Gasteiger charge is 2.33. The molecule has 5 rings (SSSR count). The van der Waals surface area contributed by atoms with Crippen LogP contribution in [-0.4, -0.2) is 71.0 Å². The van der Waals surface area contributed by atoms with Gasteiger partial charge in [0.25, 0.3) is 5.91 Å². The number of rotatable bonds is 9. The summed E-state index contributed by atoms with van der Waals surface area (Å²) < 4.78 is 56.1. The zero-order valence-electron chi connectivity index (χ0n) is 24.9. The second kappa shape index (κ2) is 14.2. The first kappa shape index (κ1) is 32.8. The number of ketones is 2. The molecule has 1 aromatic heterocycles. The number of hydrogen-bond acceptors (Lipinski definition) is 7. The van der Waals surface area contributed by atoms with Gasteiger partial charge in [0.1, 0.15) is 17.6 Å². The zero-order valence-corrected chi connectivity index (χ0v) is 24.9. The van der Waals surface area contributed by atoms with E-state index in [9.17, 15) is 27.6 Å². The summed E-state index contributed by atoms with van der Waals surface area (Å²) in [6.45, 7) is 2.03. The monoisotopic (exact) mass is 636 g/mol. The number of halogens is 4. The molecule has 0 saturated carbocycles. The van der Waals surface area contributed by atoms with Crippen LogP contribution in [-0.2, 0) is 6.54 Å². The molecule has 3 heterocycles. The molecule has 2 saturated heterocycles. The lowest BCUT2D eigenvalue weighted by molar-refractivity contribution is -0.274. The number of carbonyl (C=O) groups excluding carboxylic acids is 3. The maximum atomic E-state index is 15.0. The molecule has 0 bridgehead atoms. The third kappa shape index (κ3) is 8.34. The fourth-order valence-electron chi connectivity index (χ4n) is 5.94. The van der Waals surface area contributed by atoms with E-state index in [0.29, 0.717) is 56.6 Å². The lowest BCUT2D eigenvalue weighted by atomic mass is 9.88. The SMILES string of the molecule is N#Cc1ccc(CN2CCC(CC(=O)c3ccc(C(=O)N4CCC(C(=O)c5ccc(OC(F)(F)F)cc5)CC4)nc3)[C@H](F)C2)cc1. The van der Waals surface area contributed by atoms with Crippen LogP contribution in [0.2, 0.25) is 0 Å². The van der Waals surface area contributed by atoms with Gasteiger partial charge < -0.3 is 9.64 Å². The number of aromatic nitrogens is 1. The van der Waals surface area contributed by atoms with Crippen LogP contribution in [0.5, 0.6) is 5.75 Å². The predicted octanol–water partition coefficient (Wildman–Crippen LogP) is 6.02. The molecule has 2 aromatic carbocycles. The first-order valence-electron chi connectivity index (χ1n) is 15.0. The molecule has 240 valence electrons. The average Bonchev–Trinajstić information content (AvgIpc) is 3.05. The van der Waals surface area contributed by atoms with E-state index in [1.165, 1.54) is 30.5 Å². The number of hydrogen-bond donors (Lipinski definition) is 0. The molecular weight excluding hydrogens is 604 g/mol. The summed E-state index contributed by atoms with van der Waals surface area (Å²) in [6, 6.07) is 17.1. The number of benzene rings is 2. The molecule has 0 radical (unpaired) electrons. The molecule has 2 aliphatic rings. The zero-order chi connectivity index (χ0) is 32.8. The van der Waals surface area contributed by atoms with E-state index in [-0.39, 0.29) is 47.6 Å². The van der Waals surface area contributed by atoms with Gasteiger partial charge in [0.05, 0.1) is 11.6 Å². The van der Waals surface area contributed by atoms with E-state index in [0.717, 1.165) is 17.7 Å². The van der Waals surface area contributed by atoms with Crippen molar-refractivity contribution in [2.75, 3.05) is 26.2 Å². The van der Waals surface area contributed by atoms with Gasteiger partial charge in [-0.2, -0.15) is 5.26 Å². The van der Waals surface area contributed by atoms with E-state index in [1.54, 1.807) is 17.0 Å². The molecule has 1 amide bonds. The summed E-state index contributed by atoms with van der Waals surface area (Å²) in [6.07, 6.45) is -3.29. The topological polar surface area (TPSA) is 104 Å². The van der Waals surface area contributed by atoms with Crippen molar-refractivity contribution < 1.29 is 36.7 Å². The van der Waals surface area contributed by atoms with Gasteiger partial charge in [-0.1, -0.05) is 12.1 Å². The number of amides is 1. The number of piperidine rings is 2. The summed E-state index contributed by atoms with van der Waals surface area (Å²) in [5.41, 5.74) is 2.29. The highest BCUT2D eigenvalue weighted by Crippen LogP contribution is 2.28. The minimum absolute atomic E-state index is 0.0421. The minimum atomic E-state index is -4.82. The Bertz CT molecular complexity index is 1580. The summed E-state index contributed by atoms with van der Waals surface area (Å²) in [4.78, 5) is 46.6. The molecule has 0 spiro atoms. The van der Waals surface area contributed by atoms with Gasteiger partial charge >= 0.3 is 6.36 Å². The molecule has 2 aliphatic heterocycles. The largest absolute Gasteiger partial charge is 0.573 e. The van der Waals surface area contributed by atoms with Crippen LogP contribution in [0.4, 0.5) is 17.6 Å². The molecule has 1 unspecified atom stereocenters. The Morgan fingerprint density at radius 1 is 0.913 bits per heavy atom. The fourth-order valence-corrected chi connectivity index (χ4v) is 5.94. The summed E-state index contributed by atoms with van der Waals surface area (Å²) >= 11 is 0.